The molecule has 6 heteroatoms. The lowest BCUT2D eigenvalue weighted by Gasteiger charge is -2.22. The molecule has 2 N–H and O–H groups in total. The summed E-state index contributed by atoms with van der Waals surface area (Å²) >= 11 is 0. The summed E-state index contributed by atoms with van der Waals surface area (Å²) in [6, 6.07) is 0. The van der Waals surface area contributed by atoms with Crippen LogP contribution in [0.25, 0.3) is 0 Å². The Hall–Kier alpha value is -0.170. The van der Waals surface area contributed by atoms with Crippen molar-refractivity contribution in [3.05, 3.63) is 0 Å². The lowest BCUT2D eigenvalue weighted by Crippen LogP contribution is -2.38. The average molecular weight is 292 g/mol. The second-order valence-corrected chi connectivity index (χ2v) is 7.53. The van der Waals surface area contributed by atoms with E-state index in [0.717, 1.165) is 32.4 Å². The van der Waals surface area contributed by atoms with Crippen molar-refractivity contribution in [2.24, 2.45) is 11.8 Å². The summed E-state index contributed by atoms with van der Waals surface area (Å²) in [5.74, 6) is 1.09. The monoisotopic (exact) mass is 292 g/mol. The van der Waals surface area contributed by atoms with E-state index in [4.69, 9.17) is 4.74 Å². The first-order valence-electron chi connectivity index (χ1n) is 7.25. The van der Waals surface area contributed by atoms with Gasteiger partial charge in [-0.05, 0) is 44.2 Å². The van der Waals surface area contributed by atoms with Gasteiger partial charge >= 0.3 is 0 Å². The molecule has 0 aromatic carbocycles. The van der Waals surface area contributed by atoms with E-state index in [1.54, 1.807) is 0 Å². The molecular formula is C13H28N2O3S. The minimum Gasteiger partial charge on any atom is -0.380 e. The molecule has 1 fully saturated rings. The van der Waals surface area contributed by atoms with E-state index >= 15 is 0 Å². The summed E-state index contributed by atoms with van der Waals surface area (Å²) in [5.41, 5.74) is 0. The fourth-order valence-electron chi connectivity index (χ4n) is 2.13. The highest BCUT2D eigenvalue weighted by atomic mass is 32.2. The van der Waals surface area contributed by atoms with Gasteiger partial charge in [-0.25, -0.2) is 13.1 Å². The van der Waals surface area contributed by atoms with Crippen LogP contribution < -0.4 is 10.0 Å². The smallest absolute Gasteiger partial charge is 0.211 e. The first-order valence-corrected chi connectivity index (χ1v) is 8.90. The molecule has 114 valence electrons. The molecule has 1 aliphatic heterocycles. The molecule has 0 aromatic rings. The van der Waals surface area contributed by atoms with E-state index in [2.05, 4.69) is 23.9 Å². The molecular weight excluding hydrogens is 264 g/mol. The molecule has 1 unspecified atom stereocenters. The normalized spacial score (nSPS) is 20.9. The van der Waals surface area contributed by atoms with E-state index in [1.807, 2.05) is 0 Å². The summed E-state index contributed by atoms with van der Waals surface area (Å²) in [6.45, 7) is 7.63. The second-order valence-electron chi connectivity index (χ2n) is 5.68. The quantitative estimate of drug-likeness (QED) is 0.621. The Morgan fingerprint density at radius 2 is 2.16 bits per heavy atom. The van der Waals surface area contributed by atoms with Crippen molar-refractivity contribution >= 4 is 10.0 Å². The van der Waals surface area contributed by atoms with Crippen molar-refractivity contribution in [1.82, 2.24) is 10.0 Å². The first kappa shape index (κ1) is 16.9. The van der Waals surface area contributed by atoms with Gasteiger partial charge in [0.05, 0.1) is 12.4 Å². The highest BCUT2D eigenvalue weighted by molar-refractivity contribution is 7.89. The Balaban J connectivity index is 2.09. The minimum absolute atomic E-state index is 0.228. The van der Waals surface area contributed by atoms with E-state index in [9.17, 15) is 8.42 Å². The zero-order valence-electron chi connectivity index (χ0n) is 12.2. The van der Waals surface area contributed by atoms with Crippen LogP contribution in [-0.4, -0.2) is 47.0 Å². The van der Waals surface area contributed by atoms with Crippen LogP contribution in [0, 0.1) is 11.8 Å². The van der Waals surface area contributed by atoms with Gasteiger partial charge in [-0.3, -0.25) is 0 Å². The summed E-state index contributed by atoms with van der Waals surface area (Å²) in [4.78, 5) is 0. The molecule has 0 aliphatic carbocycles. The zero-order chi connectivity index (χ0) is 14.1. The molecule has 19 heavy (non-hydrogen) atoms. The maximum Gasteiger partial charge on any atom is 0.211 e. The Morgan fingerprint density at radius 3 is 2.79 bits per heavy atom. The molecule has 5 nitrogen and oxygen atoms in total. The molecule has 0 bridgehead atoms. The third-order valence-corrected chi connectivity index (χ3v) is 4.82. The van der Waals surface area contributed by atoms with Crippen molar-refractivity contribution in [3.8, 4) is 0 Å². The highest BCUT2D eigenvalue weighted by Crippen LogP contribution is 2.11. The van der Waals surface area contributed by atoms with Crippen molar-refractivity contribution in [2.45, 2.75) is 33.1 Å². The van der Waals surface area contributed by atoms with Crippen LogP contribution in [0.4, 0.5) is 0 Å². The maximum absolute atomic E-state index is 11.8. The molecule has 0 aromatic heterocycles. The first-order chi connectivity index (χ1) is 8.99. The fourth-order valence-corrected chi connectivity index (χ4v) is 3.54. The van der Waals surface area contributed by atoms with Gasteiger partial charge < -0.3 is 10.1 Å². The number of hydrogen-bond acceptors (Lipinski definition) is 4. The molecule has 0 radical (unpaired) electrons. The number of piperidine rings is 1. The van der Waals surface area contributed by atoms with Crippen LogP contribution in [0.2, 0.25) is 0 Å². The van der Waals surface area contributed by atoms with Crippen LogP contribution in [0.1, 0.15) is 33.1 Å². The lowest BCUT2D eigenvalue weighted by molar-refractivity contribution is 0.128. The van der Waals surface area contributed by atoms with Gasteiger partial charge in [-0.2, -0.15) is 0 Å². The summed E-state index contributed by atoms with van der Waals surface area (Å²) in [5, 5.41) is 3.24. The molecule has 0 saturated carbocycles. The SMILES string of the molecule is CC(C)CCOCCNS(=O)(=O)CC1CCCNC1. The van der Waals surface area contributed by atoms with Crippen molar-refractivity contribution < 1.29 is 13.2 Å². The molecule has 1 saturated heterocycles. The fraction of sp³-hybridized carbons (Fsp3) is 1.00. The zero-order valence-corrected chi connectivity index (χ0v) is 13.0. The van der Waals surface area contributed by atoms with Gasteiger partial charge in [-0.1, -0.05) is 13.8 Å². The van der Waals surface area contributed by atoms with Gasteiger partial charge in [0, 0.05) is 13.2 Å². The summed E-state index contributed by atoms with van der Waals surface area (Å²) in [7, 11) is -3.15. The van der Waals surface area contributed by atoms with Crippen LogP contribution in [0.3, 0.4) is 0 Å². The molecule has 1 heterocycles. The van der Waals surface area contributed by atoms with E-state index in [1.165, 1.54) is 0 Å². The summed E-state index contributed by atoms with van der Waals surface area (Å²) in [6.07, 6.45) is 3.08. The highest BCUT2D eigenvalue weighted by Gasteiger charge is 2.20. The van der Waals surface area contributed by atoms with Gasteiger partial charge in [-0.15, -0.1) is 0 Å². The molecule has 0 amide bonds. The average Bonchev–Trinajstić information content (AvgIpc) is 2.34. The number of hydrogen-bond donors (Lipinski definition) is 2. The number of ether oxygens (including phenoxy) is 1. The van der Waals surface area contributed by atoms with Crippen molar-refractivity contribution in [3.63, 3.8) is 0 Å². The number of nitrogens with one attached hydrogen (secondary N) is 2. The summed E-state index contributed by atoms with van der Waals surface area (Å²) < 4.78 is 31.7. The minimum atomic E-state index is -3.15. The van der Waals surface area contributed by atoms with E-state index in [-0.39, 0.29) is 11.7 Å². The number of rotatable bonds is 9. The molecule has 1 rings (SSSR count). The Bertz CT molecular complexity index is 325. The Morgan fingerprint density at radius 1 is 1.37 bits per heavy atom. The molecule has 1 aliphatic rings. The third-order valence-electron chi connectivity index (χ3n) is 3.26. The van der Waals surface area contributed by atoms with Gasteiger partial charge in [0.15, 0.2) is 0 Å². The topological polar surface area (TPSA) is 67.4 Å². The van der Waals surface area contributed by atoms with E-state index < -0.39 is 10.0 Å². The molecule has 0 spiro atoms. The Kier molecular flexibility index (Phi) is 7.90. The van der Waals surface area contributed by atoms with Crippen molar-refractivity contribution in [1.29, 1.82) is 0 Å². The predicted octanol–water partition coefficient (Wildman–Crippen LogP) is 0.968. The standard InChI is InChI=1S/C13H28N2O3S/c1-12(2)5-8-18-9-7-15-19(16,17)11-13-4-3-6-14-10-13/h12-15H,3-11H2,1-2H3. The number of sulfonamides is 1. The molecule has 1 atom stereocenters. The van der Waals surface area contributed by atoms with Gasteiger partial charge in [0.25, 0.3) is 0 Å². The van der Waals surface area contributed by atoms with E-state index in [0.29, 0.717) is 25.7 Å². The maximum atomic E-state index is 11.8. The van der Waals surface area contributed by atoms with Crippen LogP contribution in [-0.2, 0) is 14.8 Å². The van der Waals surface area contributed by atoms with Crippen LogP contribution in [0.15, 0.2) is 0 Å². The van der Waals surface area contributed by atoms with Gasteiger partial charge in [0.1, 0.15) is 0 Å². The van der Waals surface area contributed by atoms with Crippen LogP contribution >= 0.6 is 0 Å². The van der Waals surface area contributed by atoms with Crippen LogP contribution in [0.5, 0.6) is 0 Å². The van der Waals surface area contributed by atoms with Gasteiger partial charge in [0.2, 0.25) is 10.0 Å². The Labute approximate surface area is 117 Å². The largest absolute Gasteiger partial charge is 0.380 e. The second kappa shape index (κ2) is 8.89. The van der Waals surface area contributed by atoms with Crippen molar-refractivity contribution in [2.75, 3.05) is 38.6 Å². The third kappa shape index (κ3) is 8.57. The predicted molar refractivity (Wildman–Crippen MR) is 77.7 cm³/mol. The lowest BCUT2D eigenvalue weighted by atomic mass is 10.0.